The Hall–Kier alpha value is -1.52. The normalized spacial score (nSPS) is 26.2. The molecule has 0 bridgehead atoms. The Labute approximate surface area is 197 Å². The minimum absolute atomic E-state index is 0.0918. The van der Waals surface area contributed by atoms with E-state index in [1.165, 1.54) is 76.3 Å². The lowest BCUT2D eigenvalue weighted by molar-refractivity contribution is -0.0546. The van der Waals surface area contributed by atoms with Gasteiger partial charge in [-0.3, -0.25) is 0 Å². The first-order valence-corrected chi connectivity index (χ1v) is 13.0. The molecule has 1 nitrogen and oxygen atoms in total. The molecule has 1 aromatic rings. The van der Waals surface area contributed by atoms with Gasteiger partial charge in [0.05, 0.1) is 0 Å². The average Bonchev–Trinajstić information content (AvgIpc) is 2.81. The maximum atomic E-state index is 14.1. The monoisotopic (exact) mass is 468 g/mol. The molecule has 0 radical (unpaired) electrons. The Morgan fingerprint density at radius 1 is 0.818 bits per heavy atom. The first-order valence-electron chi connectivity index (χ1n) is 13.0. The van der Waals surface area contributed by atoms with E-state index in [1.54, 1.807) is 0 Å². The van der Waals surface area contributed by atoms with E-state index in [1.807, 2.05) is 0 Å². The Balaban J connectivity index is 1.34. The molecular weight excluding hydrogens is 428 g/mol. The predicted octanol–water partition coefficient (Wildman–Crippen LogP) is 9.56. The van der Waals surface area contributed by atoms with Gasteiger partial charge in [-0.2, -0.15) is 8.78 Å². The molecule has 0 spiro atoms. The Bertz CT molecular complexity index is 708. The first kappa shape index (κ1) is 26.1. The van der Waals surface area contributed by atoms with Crippen LogP contribution in [0.2, 0.25) is 0 Å². The van der Waals surface area contributed by atoms with E-state index in [-0.39, 0.29) is 5.92 Å². The van der Waals surface area contributed by atoms with Crippen molar-refractivity contribution in [3.8, 4) is 5.75 Å². The molecule has 186 valence electrons. The van der Waals surface area contributed by atoms with Gasteiger partial charge in [0.15, 0.2) is 17.4 Å². The van der Waals surface area contributed by atoms with Crippen molar-refractivity contribution in [1.82, 2.24) is 0 Å². The number of unbranched alkanes of at least 4 members (excludes halogenated alkanes) is 2. The number of halogens is 4. The van der Waals surface area contributed by atoms with Crippen LogP contribution in [0.4, 0.5) is 17.6 Å². The molecule has 1 aromatic carbocycles. The number of ether oxygens (including phenoxy) is 1. The summed E-state index contributed by atoms with van der Waals surface area (Å²) in [4.78, 5) is 0. The second-order valence-electron chi connectivity index (χ2n) is 10.2. The van der Waals surface area contributed by atoms with Crippen molar-refractivity contribution in [1.29, 1.82) is 0 Å². The molecule has 0 saturated heterocycles. The molecule has 33 heavy (non-hydrogen) atoms. The Kier molecular flexibility index (Phi) is 10.6. The van der Waals surface area contributed by atoms with Crippen LogP contribution in [0.1, 0.15) is 108 Å². The zero-order chi connectivity index (χ0) is 23.6. The summed E-state index contributed by atoms with van der Waals surface area (Å²) >= 11 is 0. The third kappa shape index (κ3) is 8.33. The van der Waals surface area contributed by atoms with Crippen molar-refractivity contribution in [2.75, 3.05) is 0 Å². The van der Waals surface area contributed by atoms with Gasteiger partial charge in [-0.25, -0.2) is 8.78 Å². The third-order valence-corrected chi connectivity index (χ3v) is 7.96. The molecule has 2 fully saturated rings. The van der Waals surface area contributed by atoms with Crippen LogP contribution in [-0.4, -0.2) is 6.61 Å². The van der Waals surface area contributed by atoms with Gasteiger partial charge in [-0.1, -0.05) is 63.5 Å². The lowest BCUT2D eigenvalue weighted by atomic mass is 9.74. The van der Waals surface area contributed by atoms with E-state index < -0.39 is 24.0 Å². The van der Waals surface area contributed by atoms with Crippen LogP contribution in [0.3, 0.4) is 0 Å². The number of rotatable bonds is 11. The number of benzene rings is 1. The first-order chi connectivity index (χ1) is 16.0. The van der Waals surface area contributed by atoms with E-state index >= 15 is 0 Å². The van der Waals surface area contributed by atoms with E-state index in [0.29, 0.717) is 11.5 Å². The Morgan fingerprint density at radius 2 is 1.33 bits per heavy atom. The van der Waals surface area contributed by atoms with Crippen molar-refractivity contribution in [2.24, 2.45) is 17.8 Å². The summed E-state index contributed by atoms with van der Waals surface area (Å²) in [5, 5.41) is 0. The van der Waals surface area contributed by atoms with Crippen molar-refractivity contribution in [2.45, 2.75) is 109 Å². The van der Waals surface area contributed by atoms with E-state index in [0.717, 1.165) is 37.5 Å². The largest absolute Gasteiger partial charge is 0.429 e. The lowest BCUT2D eigenvalue weighted by Crippen LogP contribution is -2.18. The lowest BCUT2D eigenvalue weighted by Gasteiger charge is -2.32. The van der Waals surface area contributed by atoms with Crippen LogP contribution >= 0.6 is 0 Å². The molecule has 5 heteroatoms. The number of alkyl halides is 2. The van der Waals surface area contributed by atoms with Gasteiger partial charge < -0.3 is 4.74 Å². The number of hydrogen-bond acceptors (Lipinski definition) is 1. The maximum Gasteiger partial charge on any atom is 0.387 e. The summed E-state index contributed by atoms with van der Waals surface area (Å²) in [7, 11) is 0. The molecular formula is C28H40F4O. The van der Waals surface area contributed by atoms with Crippen LogP contribution in [0.25, 0.3) is 0 Å². The second-order valence-corrected chi connectivity index (χ2v) is 10.2. The summed E-state index contributed by atoms with van der Waals surface area (Å²) in [6.45, 7) is -1.15. The summed E-state index contributed by atoms with van der Waals surface area (Å²) in [6, 6.07) is 2.34. The molecule has 0 atom stereocenters. The maximum absolute atomic E-state index is 14.1. The highest BCUT2D eigenvalue weighted by Crippen LogP contribution is 2.41. The van der Waals surface area contributed by atoms with Gasteiger partial charge in [0.25, 0.3) is 0 Å². The second kappa shape index (κ2) is 13.4. The summed E-state index contributed by atoms with van der Waals surface area (Å²) in [5.41, 5.74) is 0.564. The van der Waals surface area contributed by atoms with Crippen LogP contribution in [0.15, 0.2) is 24.3 Å². The van der Waals surface area contributed by atoms with Gasteiger partial charge >= 0.3 is 6.61 Å². The summed E-state index contributed by atoms with van der Waals surface area (Å²) in [5.74, 6) is -0.476. The van der Waals surface area contributed by atoms with Crippen LogP contribution in [0, 0.1) is 29.4 Å². The van der Waals surface area contributed by atoms with Crippen molar-refractivity contribution < 1.29 is 22.3 Å². The van der Waals surface area contributed by atoms with Crippen molar-refractivity contribution in [3.63, 3.8) is 0 Å². The SMILES string of the molecule is CC=CCCCCC1CCC(CCC2CCC(c3cc(F)c(OC(F)F)c(F)c3)CC2)CC1. The minimum atomic E-state index is -3.24. The minimum Gasteiger partial charge on any atom is -0.429 e. The highest BCUT2D eigenvalue weighted by Gasteiger charge is 2.27. The molecule has 0 unspecified atom stereocenters. The van der Waals surface area contributed by atoms with E-state index in [4.69, 9.17) is 0 Å². The van der Waals surface area contributed by atoms with Gasteiger partial charge in [0, 0.05) is 0 Å². The molecule has 2 aliphatic carbocycles. The smallest absolute Gasteiger partial charge is 0.387 e. The summed E-state index contributed by atoms with van der Waals surface area (Å²) < 4.78 is 56.8. The fraction of sp³-hybridized carbons (Fsp3) is 0.714. The topological polar surface area (TPSA) is 9.23 Å². The average molecular weight is 469 g/mol. The van der Waals surface area contributed by atoms with Gasteiger partial charge in [-0.15, -0.1) is 0 Å². The molecule has 2 aliphatic rings. The van der Waals surface area contributed by atoms with Crippen LogP contribution < -0.4 is 4.74 Å². The van der Waals surface area contributed by atoms with Crippen LogP contribution in [0.5, 0.6) is 5.75 Å². The standard InChI is InChI=1S/C28H40F4O/c1-2-3-4-5-6-7-20-8-10-21(11-9-20)12-13-22-14-16-23(17-15-22)24-18-25(29)27(26(30)19-24)33-28(31)32/h2-3,18-23,28H,4-17H2,1H3. The Morgan fingerprint density at radius 3 is 1.85 bits per heavy atom. The zero-order valence-corrected chi connectivity index (χ0v) is 20.0. The number of allylic oxidation sites excluding steroid dienone is 2. The fourth-order valence-electron chi connectivity index (χ4n) is 5.94. The van der Waals surface area contributed by atoms with E-state index in [9.17, 15) is 17.6 Å². The van der Waals surface area contributed by atoms with Crippen molar-refractivity contribution >= 4 is 0 Å². The highest BCUT2D eigenvalue weighted by atomic mass is 19.3. The predicted molar refractivity (Wildman–Crippen MR) is 126 cm³/mol. The molecule has 2 saturated carbocycles. The number of hydrogen-bond donors (Lipinski definition) is 0. The van der Waals surface area contributed by atoms with Gasteiger partial charge in [0.2, 0.25) is 0 Å². The fourth-order valence-corrected chi connectivity index (χ4v) is 5.94. The third-order valence-electron chi connectivity index (χ3n) is 7.96. The van der Waals surface area contributed by atoms with Crippen molar-refractivity contribution in [3.05, 3.63) is 41.5 Å². The molecule has 0 aliphatic heterocycles. The van der Waals surface area contributed by atoms with Gasteiger partial charge in [-0.05, 0) is 86.8 Å². The molecule has 0 amide bonds. The molecule has 3 rings (SSSR count). The molecule has 0 aromatic heterocycles. The van der Waals surface area contributed by atoms with Crippen LogP contribution in [-0.2, 0) is 0 Å². The molecule has 0 N–H and O–H groups in total. The quantitative estimate of drug-likeness (QED) is 0.178. The zero-order valence-electron chi connectivity index (χ0n) is 20.0. The molecule has 0 heterocycles. The van der Waals surface area contributed by atoms with E-state index in [2.05, 4.69) is 23.8 Å². The highest BCUT2D eigenvalue weighted by molar-refractivity contribution is 5.33. The van der Waals surface area contributed by atoms with Gasteiger partial charge in [0.1, 0.15) is 0 Å². The summed E-state index contributed by atoms with van der Waals surface area (Å²) in [6.07, 6.45) is 21.8.